The zero-order valence-electron chi connectivity index (χ0n) is 9.80. The lowest BCUT2D eigenvalue weighted by Gasteiger charge is -1.99. The van der Waals surface area contributed by atoms with Crippen LogP contribution in [0.5, 0.6) is 5.75 Å². The van der Waals surface area contributed by atoms with Gasteiger partial charge in [0.1, 0.15) is 12.4 Å². The van der Waals surface area contributed by atoms with Crippen LogP contribution in [0.15, 0.2) is 60.7 Å². The van der Waals surface area contributed by atoms with Crippen molar-refractivity contribution in [2.24, 2.45) is 0 Å². The van der Waals surface area contributed by atoms with Crippen molar-refractivity contribution in [2.75, 3.05) is 6.61 Å². The van der Waals surface area contributed by atoms with Crippen molar-refractivity contribution in [3.8, 4) is 17.6 Å². The molecule has 0 saturated carbocycles. The highest BCUT2D eigenvalue weighted by Gasteiger charge is 1.98. The number of Topliss-reactive ketones (excluding diaryl/α,β-unsaturated/α-hetero) is 1. The Labute approximate surface area is 106 Å². The molecule has 88 valence electrons. The van der Waals surface area contributed by atoms with E-state index in [1.807, 2.05) is 48.5 Å². The van der Waals surface area contributed by atoms with Gasteiger partial charge in [0, 0.05) is 5.56 Å². The third kappa shape index (κ3) is 3.50. The van der Waals surface area contributed by atoms with Gasteiger partial charge in [-0.3, -0.25) is 4.79 Å². The SMILES string of the molecule is O=C(C#CCOc1ccccc1)c1ccccc1. The van der Waals surface area contributed by atoms with Gasteiger partial charge >= 0.3 is 0 Å². The third-order valence-corrected chi connectivity index (χ3v) is 2.29. The smallest absolute Gasteiger partial charge is 0.236 e. The number of rotatable bonds is 3. The highest BCUT2D eigenvalue weighted by Crippen LogP contribution is 2.07. The van der Waals surface area contributed by atoms with E-state index in [-0.39, 0.29) is 12.4 Å². The van der Waals surface area contributed by atoms with Crippen LogP contribution in [-0.2, 0) is 0 Å². The largest absolute Gasteiger partial charge is 0.481 e. The Hall–Kier alpha value is -2.53. The van der Waals surface area contributed by atoms with E-state index in [0.717, 1.165) is 5.75 Å². The monoisotopic (exact) mass is 236 g/mol. The number of carbonyl (C=O) groups excluding carboxylic acids is 1. The minimum atomic E-state index is -0.188. The minimum Gasteiger partial charge on any atom is -0.481 e. The van der Waals surface area contributed by atoms with E-state index in [0.29, 0.717) is 5.56 Å². The molecule has 0 amide bonds. The van der Waals surface area contributed by atoms with Gasteiger partial charge in [-0.1, -0.05) is 54.5 Å². The summed E-state index contributed by atoms with van der Waals surface area (Å²) in [4.78, 5) is 11.6. The number of benzene rings is 2. The molecule has 2 rings (SSSR count). The average molecular weight is 236 g/mol. The molecule has 0 fully saturated rings. The summed E-state index contributed by atoms with van der Waals surface area (Å²) in [6.07, 6.45) is 0. The molecule has 18 heavy (non-hydrogen) atoms. The van der Waals surface area contributed by atoms with E-state index in [2.05, 4.69) is 11.8 Å². The summed E-state index contributed by atoms with van der Waals surface area (Å²) in [7, 11) is 0. The molecule has 0 aliphatic heterocycles. The average Bonchev–Trinajstić information content (AvgIpc) is 2.45. The molecule has 2 aromatic carbocycles. The van der Waals surface area contributed by atoms with E-state index in [9.17, 15) is 4.79 Å². The van der Waals surface area contributed by atoms with E-state index in [1.54, 1.807) is 12.1 Å². The van der Waals surface area contributed by atoms with Crippen molar-refractivity contribution < 1.29 is 9.53 Å². The lowest BCUT2D eigenvalue weighted by atomic mass is 10.1. The molecule has 2 heteroatoms. The number of carbonyl (C=O) groups is 1. The summed E-state index contributed by atoms with van der Waals surface area (Å²) in [5.41, 5.74) is 0.602. The first-order valence-corrected chi connectivity index (χ1v) is 5.62. The molecule has 0 bridgehead atoms. The molecule has 0 unspecified atom stereocenters. The van der Waals surface area contributed by atoms with Gasteiger partial charge in [0.25, 0.3) is 0 Å². The second-order valence-corrected chi connectivity index (χ2v) is 3.60. The Bertz CT molecular complexity index is 562. The zero-order valence-corrected chi connectivity index (χ0v) is 9.80. The van der Waals surface area contributed by atoms with Crippen molar-refractivity contribution in [2.45, 2.75) is 0 Å². The van der Waals surface area contributed by atoms with Crippen LogP contribution in [0.1, 0.15) is 10.4 Å². The van der Waals surface area contributed by atoms with Gasteiger partial charge in [0.2, 0.25) is 5.78 Å². The Kier molecular flexibility index (Phi) is 4.16. The predicted molar refractivity (Wildman–Crippen MR) is 70.5 cm³/mol. The molecule has 0 N–H and O–H groups in total. The Morgan fingerprint density at radius 1 is 0.944 bits per heavy atom. The number of ketones is 1. The van der Waals surface area contributed by atoms with Crippen molar-refractivity contribution >= 4 is 5.78 Å². The fraction of sp³-hybridized carbons (Fsp3) is 0.0625. The van der Waals surface area contributed by atoms with Crippen molar-refractivity contribution in [1.82, 2.24) is 0 Å². The fourth-order valence-corrected chi connectivity index (χ4v) is 1.41. The van der Waals surface area contributed by atoms with E-state index in [1.165, 1.54) is 0 Å². The summed E-state index contributed by atoms with van der Waals surface area (Å²) in [6.45, 7) is 0.211. The molecule has 0 aromatic heterocycles. The van der Waals surface area contributed by atoms with Crippen molar-refractivity contribution in [1.29, 1.82) is 0 Å². The molecule has 2 nitrogen and oxygen atoms in total. The summed E-state index contributed by atoms with van der Waals surface area (Å²) >= 11 is 0. The van der Waals surface area contributed by atoms with Crippen LogP contribution in [0.3, 0.4) is 0 Å². The second-order valence-electron chi connectivity index (χ2n) is 3.60. The van der Waals surface area contributed by atoms with Gasteiger partial charge in [0.05, 0.1) is 0 Å². The van der Waals surface area contributed by atoms with E-state index >= 15 is 0 Å². The molecule has 2 aromatic rings. The van der Waals surface area contributed by atoms with Gasteiger partial charge in [-0.25, -0.2) is 0 Å². The maximum absolute atomic E-state index is 11.6. The van der Waals surface area contributed by atoms with Crippen LogP contribution in [-0.4, -0.2) is 12.4 Å². The highest BCUT2D eigenvalue weighted by molar-refractivity contribution is 6.08. The summed E-state index contributed by atoms with van der Waals surface area (Å²) in [5, 5.41) is 0. The van der Waals surface area contributed by atoms with Crippen molar-refractivity contribution in [3.63, 3.8) is 0 Å². The first-order valence-electron chi connectivity index (χ1n) is 5.62. The minimum absolute atomic E-state index is 0.188. The number of para-hydroxylation sites is 1. The molecule has 0 aliphatic carbocycles. The van der Waals surface area contributed by atoms with Crippen LogP contribution in [0, 0.1) is 11.8 Å². The highest BCUT2D eigenvalue weighted by atomic mass is 16.5. The Balaban J connectivity index is 1.88. The predicted octanol–water partition coefficient (Wildman–Crippen LogP) is 2.95. The lowest BCUT2D eigenvalue weighted by molar-refractivity contribution is 0.105. The maximum atomic E-state index is 11.6. The molecule has 0 heterocycles. The molecule has 0 saturated heterocycles. The van der Waals surface area contributed by atoms with Crippen LogP contribution in [0.2, 0.25) is 0 Å². The summed E-state index contributed by atoms with van der Waals surface area (Å²) in [5.74, 6) is 5.83. The summed E-state index contributed by atoms with van der Waals surface area (Å²) < 4.78 is 5.37. The van der Waals surface area contributed by atoms with E-state index < -0.39 is 0 Å². The molecular weight excluding hydrogens is 224 g/mol. The van der Waals surface area contributed by atoms with E-state index in [4.69, 9.17) is 4.74 Å². The van der Waals surface area contributed by atoms with Crippen LogP contribution in [0.25, 0.3) is 0 Å². The van der Waals surface area contributed by atoms with Crippen LogP contribution < -0.4 is 4.74 Å². The van der Waals surface area contributed by atoms with Crippen molar-refractivity contribution in [3.05, 3.63) is 66.2 Å². The van der Waals surface area contributed by atoms with Gasteiger partial charge < -0.3 is 4.74 Å². The van der Waals surface area contributed by atoms with Gasteiger partial charge in [-0.15, -0.1) is 0 Å². The maximum Gasteiger partial charge on any atom is 0.236 e. The number of ether oxygens (including phenoxy) is 1. The van der Waals surface area contributed by atoms with Gasteiger partial charge in [-0.05, 0) is 18.1 Å². The standard InChI is InChI=1S/C16H12O2/c17-16(14-8-3-1-4-9-14)12-7-13-18-15-10-5-2-6-11-15/h1-6,8-11H,13H2. The molecule has 0 atom stereocenters. The fourth-order valence-electron chi connectivity index (χ4n) is 1.41. The number of hydrogen-bond donors (Lipinski definition) is 0. The van der Waals surface area contributed by atoms with Gasteiger partial charge in [0.15, 0.2) is 0 Å². The Morgan fingerprint density at radius 3 is 2.22 bits per heavy atom. The summed E-state index contributed by atoms with van der Waals surface area (Å²) in [6, 6.07) is 18.4. The zero-order chi connectivity index (χ0) is 12.6. The number of hydrogen-bond acceptors (Lipinski definition) is 2. The van der Waals surface area contributed by atoms with Gasteiger partial charge in [-0.2, -0.15) is 0 Å². The third-order valence-electron chi connectivity index (χ3n) is 2.29. The topological polar surface area (TPSA) is 26.3 Å². The first-order chi connectivity index (χ1) is 8.86. The second kappa shape index (κ2) is 6.27. The molecule has 0 spiro atoms. The molecular formula is C16H12O2. The lowest BCUT2D eigenvalue weighted by Crippen LogP contribution is -1.97. The normalized spacial score (nSPS) is 9.11. The molecule has 0 radical (unpaired) electrons. The van der Waals surface area contributed by atoms with Crippen LogP contribution >= 0.6 is 0 Å². The van der Waals surface area contributed by atoms with Crippen LogP contribution in [0.4, 0.5) is 0 Å². The Morgan fingerprint density at radius 2 is 1.56 bits per heavy atom. The first kappa shape index (κ1) is 11.9. The quantitative estimate of drug-likeness (QED) is 0.465. The molecule has 0 aliphatic rings.